The van der Waals surface area contributed by atoms with Gasteiger partial charge in [0.2, 0.25) is 11.8 Å². The van der Waals surface area contributed by atoms with Crippen LogP contribution in [0.15, 0.2) is 24.3 Å². The molecule has 0 spiro atoms. The molecule has 0 unspecified atom stereocenters. The molecule has 1 aromatic rings. The molecule has 6 heteroatoms. The molecule has 1 aliphatic carbocycles. The number of carbonyl (C=O) groups is 2. The number of hydrogen-bond donors (Lipinski definition) is 1. The van der Waals surface area contributed by atoms with Gasteiger partial charge in [-0.15, -0.1) is 0 Å². The summed E-state index contributed by atoms with van der Waals surface area (Å²) in [6.07, 6.45) is 6.08. The Labute approximate surface area is 173 Å². The lowest BCUT2D eigenvalue weighted by atomic mass is 9.80. The predicted octanol–water partition coefficient (Wildman–Crippen LogP) is 2.57. The van der Waals surface area contributed by atoms with E-state index in [9.17, 15) is 9.59 Å². The number of piperidine rings is 1. The van der Waals surface area contributed by atoms with Crippen LogP contribution in [0.25, 0.3) is 0 Å². The Morgan fingerprint density at radius 1 is 1.14 bits per heavy atom. The highest BCUT2D eigenvalue weighted by atomic mass is 16.5. The van der Waals surface area contributed by atoms with E-state index in [1.54, 1.807) is 13.8 Å². The second-order valence-electron chi connectivity index (χ2n) is 9.09. The van der Waals surface area contributed by atoms with Gasteiger partial charge in [-0.1, -0.05) is 12.1 Å². The average Bonchev–Trinajstić information content (AvgIpc) is 3.29. The van der Waals surface area contributed by atoms with Crippen molar-refractivity contribution in [2.75, 3.05) is 26.2 Å². The zero-order chi connectivity index (χ0) is 20.4. The zero-order valence-electron chi connectivity index (χ0n) is 17.7. The number of ether oxygens (including phenoxy) is 1. The van der Waals surface area contributed by atoms with Gasteiger partial charge in [-0.25, -0.2) is 0 Å². The minimum atomic E-state index is -0.219. The summed E-state index contributed by atoms with van der Waals surface area (Å²) >= 11 is 0. The van der Waals surface area contributed by atoms with Crippen molar-refractivity contribution in [3.05, 3.63) is 29.8 Å². The monoisotopic (exact) mass is 399 g/mol. The van der Waals surface area contributed by atoms with Crippen molar-refractivity contribution < 1.29 is 14.3 Å². The summed E-state index contributed by atoms with van der Waals surface area (Å²) < 4.78 is 6.07. The number of benzene rings is 1. The first kappa shape index (κ1) is 20.2. The Bertz CT molecular complexity index is 744. The Morgan fingerprint density at radius 2 is 1.86 bits per heavy atom. The molecule has 0 bridgehead atoms. The van der Waals surface area contributed by atoms with Gasteiger partial charge in [-0.05, 0) is 49.8 Å². The summed E-state index contributed by atoms with van der Waals surface area (Å²) in [6, 6.07) is 8.47. The van der Waals surface area contributed by atoms with E-state index in [4.69, 9.17) is 4.74 Å². The lowest BCUT2D eigenvalue weighted by molar-refractivity contribution is -0.132. The summed E-state index contributed by atoms with van der Waals surface area (Å²) in [5.41, 5.74) is 1.03. The first-order chi connectivity index (χ1) is 13.9. The lowest BCUT2D eigenvalue weighted by Gasteiger charge is -2.43. The molecule has 0 radical (unpaired) electrons. The zero-order valence-corrected chi connectivity index (χ0v) is 17.7. The third kappa shape index (κ3) is 4.58. The maximum Gasteiger partial charge on any atom is 0.219 e. The van der Waals surface area contributed by atoms with Crippen LogP contribution in [0, 0.1) is 5.92 Å². The van der Waals surface area contributed by atoms with Crippen molar-refractivity contribution >= 4 is 11.8 Å². The summed E-state index contributed by atoms with van der Waals surface area (Å²) in [4.78, 5) is 28.1. The summed E-state index contributed by atoms with van der Waals surface area (Å²) in [5.74, 6) is 1.37. The maximum atomic E-state index is 11.9. The van der Waals surface area contributed by atoms with Gasteiger partial charge in [0, 0.05) is 52.5 Å². The number of hydrogen-bond acceptors (Lipinski definition) is 4. The Kier molecular flexibility index (Phi) is 5.81. The number of nitrogens with zero attached hydrogens (tertiary/aromatic N) is 2. The van der Waals surface area contributed by atoms with E-state index in [0.717, 1.165) is 38.3 Å². The number of amides is 2. The van der Waals surface area contributed by atoms with Crippen molar-refractivity contribution in [1.82, 2.24) is 15.1 Å². The lowest BCUT2D eigenvalue weighted by Crippen LogP contribution is -2.61. The van der Waals surface area contributed by atoms with Gasteiger partial charge in [0.1, 0.15) is 5.75 Å². The van der Waals surface area contributed by atoms with Gasteiger partial charge in [-0.2, -0.15) is 0 Å². The van der Waals surface area contributed by atoms with E-state index in [0.29, 0.717) is 12.6 Å². The first-order valence-electron chi connectivity index (χ1n) is 11.0. The van der Waals surface area contributed by atoms with Crippen molar-refractivity contribution in [3.8, 4) is 5.75 Å². The minimum Gasteiger partial charge on any atom is -0.490 e. The van der Waals surface area contributed by atoms with Crippen LogP contribution in [0.1, 0.15) is 51.5 Å². The van der Waals surface area contributed by atoms with E-state index < -0.39 is 0 Å². The van der Waals surface area contributed by atoms with E-state index in [-0.39, 0.29) is 23.3 Å². The molecule has 2 aliphatic heterocycles. The molecule has 6 nitrogen and oxygen atoms in total. The number of fused-ring (bicyclic) bond motifs is 1. The summed E-state index contributed by atoms with van der Waals surface area (Å²) in [7, 11) is 0. The van der Waals surface area contributed by atoms with Gasteiger partial charge >= 0.3 is 0 Å². The number of carbonyl (C=O) groups excluding carboxylic acids is 2. The molecular formula is C23H33N3O3. The SMILES string of the molecule is CC(=O)N[C@@]12CCN(C(C)=O)C[C@@H]1CN(Cc1ccc(OC3CCCC3)cc1)C2. The molecule has 1 saturated carbocycles. The third-order valence-electron chi connectivity index (χ3n) is 6.84. The quantitative estimate of drug-likeness (QED) is 0.827. The topological polar surface area (TPSA) is 61.9 Å². The van der Waals surface area contributed by atoms with Crippen molar-refractivity contribution in [2.45, 2.75) is 64.1 Å². The molecule has 3 fully saturated rings. The van der Waals surface area contributed by atoms with Gasteiger partial charge in [0.25, 0.3) is 0 Å². The molecule has 2 heterocycles. The Hall–Kier alpha value is -2.08. The largest absolute Gasteiger partial charge is 0.490 e. The van der Waals surface area contributed by atoms with Gasteiger partial charge < -0.3 is 15.0 Å². The van der Waals surface area contributed by atoms with E-state index in [1.165, 1.54) is 31.2 Å². The summed E-state index contributed by atoms with van der Waals surface area (Å²) in [6.45, 7) is 7.24. The normalized spacial score (nSPS) is 27.7. The number of rotatable bonds is 5. The first-order valence-corrected chi connectivity index (χ1v) is 11.0. The van der Waals surface area contributed by atoms with Crippen LogP contribution in [0.4, 0.5) is 0 Å². The van der Waals surface area contributed by atoms with E-state index >= 15 is 0 Å². The minimum absolute atomic E-state index is 0.0153. The number of nitrogens with one attached hydrogen (secondary N) is 1. The van der Waals surface area contributed by atoms with Gasteiger partial charge in [-0.3, -0.25) is 14.5 Å². The van der Waals surface area contributed by atoms with Crippen LogP contribution in [-0.4, -0.2) is 59.4 Å². The van der Waals surface area contributed by atoms with E-state index in [2.05, 4.69) is 34.5 Å². The highest BCUT2D eigenvalue weighted by molar-refractivity contribution is 5.75. The molecule has 2 saturated heterocycles. The molecule has 1 N–H and O–H groups in total. The van der Waals surface area contributed by atoms with Crippen LogP contribution >= 0.6 is 0 Å². The average molecular weight is 400 g/mol. The molecule has 2 atom stereocenters. The van der Waals surface area contributed by atoms with Gasteiger partial charge in [0.15, 0.2) is 0 Å². The second-order valence-corrected chi connectivity index (χ2v) is 9.09. The molecule has 0 aromatic heterocycles. The van der Waals surface area contributed by atoms with Crippen molar-refractivity contribution in [1.29, 1.82) is 0 Å². The highest BCUT2D eigenvalue weighted by Gasteiger charge is 2.50. The predicted molar refractivity (Wildman–Crippen MR) is 112 cm³/mol. The van der Waals surface area contributed by atoms with E-state index in [1.807, 2.05) is 4.90 Å². The molecule has 2 amide bonds. The maximum absolute atomic E-state index is 11.9. The molecule has 3 aliphatic rings. The fourth-order valence-corrected chi connectivity index (χ4v) is 5.38. The fourth-order valence-electron chi connectivity index (χ4n) is 5.38. The van der Waals surface area contributed by atoms with Gasteiger partial charge in [0.05, 0.1) is 11.6 Å². The van der Waals surface area contributed by atoms with Crippen LogP contribution in [-0.2, 0) is 16.1 Å². The van der Waals surface area contributed by atoms with Crippen LogP contribution < -0.4 is 10.1 Å². The Morgan fingerprint density at radius 3 is 2.52 bits per heavy atom. The smallest absolute Gasteiger partial charge is 0.219 e. The van der Waals surface area contributed by atoms with Crippen molar-refractivity contribution in [3.63, 3.8) is 0 Å². The summed E-state index contributed by atoms with van der Waals surface area (Å²) in [5, 5.41) is 3.24. The Balaban J connectivity index is 1.40. The molecule has 1 aromatic carbocycles. The van der Waals surface area contributed by atoms with Crippen molar-refractivity contribution in [2.24, 2.45) is 5.92 Å². The third-order valence-corrected chi connectivity index (χ3v) is 6.84. The second kappa shape index (κ2) is 8.34. The molecule has 29 heavy (non-hydrogen) atoms. The number of likely N-dealkylation sites (tertiary alicyclic amines) is 2. The van der Waals surface area contributed by atoms with Crippen LogP contribution in [0.3, 0.4) is 0 Å². The van der Waals surface area contributed by atoms with Crippen LogP contribution in [0.2, 0.25) is 0 Å². The standard InChI is InChI=1S/C23H33N3O3/c1-17(27)24-23-11-12-26(18(2)28)15-20(23)14-25(16-23)13-19-7-9-22(10-8-19)29-21-5-3-4-6-21/h7-10,20-21H,3-6,11-16H2,1-2H3,(H,24,27)/t20-,23+/m0/s1. The molecular weight excluding hydrogens is 366 g/mol. The highest BCUT2D eigenvalue weighted by Crippen LogP contribution is 2.36. The van der Waals surface area contributed by atoms with Crippen LogP contribution in [0.5, 0.6) is 5.75 Å². The fraction of sp³-hybridized carbons (Fsp3) is 0.652. The molecule has 4 rings (SSSR count). The molecule has 158 valence electrons.